The molecular weight excluding hydrogens is 332 g/mol. The molecule has 0 fully saturated rings. The number of carboxylic acid groups (broad SMARTS) is 1. The number of aromatic carboxylic acids is 1. The SMILES string of the molecule is NCCCCc1c(-c2ccc3c(c2)OCO3)[nH]c2ccc(C(=O)O)cc12. The van der Waals surface area contributed by atoms with Gasteiger partial charge in [0.2, 0.25) is 6.79 Å². The van der Waals surface area contributed by atoms with Gasteiger partial charge in [0.1, 0.15) is 0 Å². The zero-order valence-electron chi connectivity index (χ0n) is 14.2. The number of aromatic amines is 1. The number of carboxylic acids is 1. The van der Waals surface area contributed by atoms with E-state index in [9.17, 15) is 9.90 Å². The summed E-state index contributed by atoms with van der Waals surface area (Å²) in [5.74, 6) is 0.536. The van der Waals surface area contributed by atoms with Crippen LogP contribution in [0.1, 0.15) is 28.8 Å². The number of carbonyl (C=O) groups is 1. The van der Waals surface area contributed by atoms with Crippen molar-refractivity contribution in [3.63, 3.8) is 0 Å². The van der Waals surface area contributed by atoms with Gasteiger partial charge in [0.25, 0.3) is 0 Å². The van der Waals surface area contributed by atoms with E-state index in [1.54, 1.807) is 12.1 Å². The van der Waals surface area contributed by atoms with Gasteiger partial charge in [-0.15, -0.1) is 0 Å². The molecule has 3 aromatic rings. The molecule has 1 aliphatic rings. The van der Waals surface area contributed by atoms with E-state index in [0.717, 1.165) is 58.5 Å². The van der Waals surface area contributed by atoms with Crippen LogP contribution < -0.4 is 15.2 Å². The maximum Gasteiger partial charge on any atom is 0.335 e. The molecule has 0 unspecified atom stereocenters. The largest absolute Gasteiger partial charge is 0.478 e. The second-order valence-electron chi connectivity index (χ2n) is 6.36. The Hall–Kier alpha value is -2.99. The Morgan fingerprint density at radius 3 is 2.77 bits per heavy atom. The van der Waals surface area contributed by atoms with Gasteiger partial charge in [-0.3, -0.25) is 0 Å². The predicted molar refractivity (Wildman–Crippen MR) is 98.8 cm³/mol. The zero-order valence-corrected chi connectivity index (χ0v) is 14.2. The maximum atomic E-state index is 11.4. The Labute approximate surface area is 150 Å². The van der Waals surface area contributed by atoms with E-state index in [4.69, 9.17) is 15.2 Å². The molecule has 4 N–H and O–H groups in total. The van der Waals surface area contributed by atoms with Gasteiger partial charge in [-0.25, -0.2) is 4.79 Å². The summed E-state index contributed by atoms with van der Waals surface area (Å²) < 4.78 is 10.9. The molecule has 0 spiro atoms. The summed E-state index contributed by atoms with van der Waals surface area (Å²) in [5, 5.41) is 10.3. The first-order chi connectivity index (χ1) is 12.7. The Morgan fingerprint density at radius 1 is 1.12 bits per heavy atom. The molecule has 26 heavy (non-hydrogen) atoms. The van der Waals surface area contributed by atoms with Crippen molar-refractivity contribution in [3.8, 4) is 22.8 Å². The summed E-state index contributed by atoms with van der Waals surface area (Å²) in [6, 6.07) is 11.0. The summed E-state index contributed by atoms with van der Waals surface area (Å²) in [7, 11) is 0. The van der Waals surface area contributed by atoms with Crippen molar-refractivity contribution in [2.75, 3.05) is 13.3 Å². The molecule has 6 heteroatoms. The molecule has 0 atom stereocenters. The highest BCUT2D eigenvalue weighted by atomic mass is 16.7. The van der Waals surface area contributed by atoms with E-state index < -0.39 is 5.97 Å². The molecule has 4 rings (SSSR count). The number of nitrogens with one attached hydrogen (secondary N) is 1. The molecular formula is C20H20N2O4. The van der Waals surface area contributed by atoms with Crippen LogP contribution in [0.25, 0.3) is 22.2 Å². The Morgan fingerprint density at radius 2 is 1.96 bits per heavy atom. The molecule has 2 aromatic carbocycles. The molecule has 0 bridgehead atoms. The Balaban J connectivity index is 1.84. The van der Waals surface area contributed by atoms with Crippen LogP contribution in [0.4, 0.5) is 0 Å². The highest BCUT2D eigenvalue weighted by molar-refractivity contribution is 5.97. The second kappa shape index (κ2) is 6.72. The van der Waals surface area contributed by atoms with Gasteiger partial charge in [-0.05, 0) is 67.8 Å². The minimum Gasteiger partial charge on any atom is -0.478 e. The van der Waals surface area contributed by atoms with Crippen molar-refractivity contribution in [2.24, 2.45) is 5.73 Å². The third-order valence-corrected chi connectivity index (χ3v) is 4.70. The van der Waals surface area contributed by atoms with Crippen LogP contribution in [-0.4, -0.2) is 29.4 Å². The number of unbranched alkanes of at least 4 members (excludes halogenated alkanes) is 1. The highest BCUT2D eigenvalue weighted by Gasteiger charge is 2.18. The number of hydrogen-bond donors (Lipinski definition) is 3. The summed E-state index contributed by atoms with van der Waals surface area (Å²) in [6.45, 7) is 0.874. The minimum atomic E-state index is -0.925. The van der Waals surface area contributed by atoms with E-state index in [1.165, 1.54) is 0 Å². The first-order valence-electron chi connectivity index (χ1n) is 8.65. The van der Waals surface area contributed by atoms with Gasteiger partial charge >= 0.3 is 5.97 Å². The third-order valence-electron chi connectivity index (χ3n) is 4.70. The van der Waals surface area contributed by atoms with Gasteiger partial charge in [0.05, 0.1) is 5.56 Å². The van der Waals surface area contributed by atoms with Crippen LogP contribution >= 0.6 is 0 Å². The molecule has 1 aliphatic heterocycles. The second-order valence-corrected chi connectivity index (χ2v) is 6.36. The number of aryl methyl sites for hydroxylation is 1. The summed E-state index contributed by atoms with van der Waals surface area (Å²) in [6.07, 6.45) is 2.69. The zero-order chi connectivity index (χ0) is 18.1. The van der Waals surface area contributed by atoms with Crippen molar-refractivity contribution in [3.05, 3.63) is 47.5 Å². The van der Waals surface area contributed by atoms with Crippen molar-refractivity contribution in [1.29, 1.82) is 0 Å². The third kappa shape index (κ3) is 2.88. The smallest absolute Gasteiger partial charge is 0.335 e. The van der Waals surface area contributed by atoms with Crippen molar-refractivity contribution in [1.82, 2.24) is 4.98 Å². The average Bonchev–Trinajstić information content (AvgIpc) is 3.25. The minimum absolute atomic E-state index is 0.233. The normalized spacial score (nSPS) is 12.7. The topological polar surface area (TPSA) is 97.6 Å². The van der Waals surface area contributed by atoms with Gasteiger partial charge in [0.15, 0.2) is 11.5 Å². The average molecular weight is 352 g/mol. The van der Waals surface area contributed by atoms with Gasteiger partial charge in [0, 0.05) is 22.2 Å². The monoisotopic (exact) mass is 352 g/mol. The lowest BCUT2D eigenvalue weighted by Crippen LogP contribution is -1.99. The Kier molecular flexibility index (Phi) is 4.26. The fraction of sp³-hybridized carbons (Fsp3) is 0.250. The van der Waals surface area contributed by atoms with Gasteiger partial charge < -0.3 is 25.3 Å². The van der Waals surface area contributed by atoms with Crippen molar-refractivity contribution >= 4 is 16.9 Å². The van der Waals surface area contributed by atoms with E-state index in [-0.39, 0.29) is 12.4 Å². The lowest BCUT2D eigenvalue weighted by atomic mass is 9.99. The van der Waals surface area contributed by atoms with Crippen LogP contribution in [0.3, 0.4) is 0 Å². The number of aromatic nitrogens is 1. The molecule has 134 valence electrons. The molecule has 0 saturated carbocycles. The summed E-state index contributed by atoms with van der Waals surface area (Å²) in [5.41, 5.74) is 9.93. The van der Waals surface area contributed by atoms with Gasteiger partial charge in [-0.2, -0.15) is 0 Å². The number of rotatable bonds is 6. The van der Waals surface area contributed by atoms with Crippen LogP contribution in [0.15, 0.2) is 36.4 Å². The molecule has 0 aliphatic carbocycles. The fourth-order valence-electron chi connectivity index (χ4n) is 3.38. The fourth-order valence-corrected chi connectivity index (χ4v) is 3.38. The highest BCUT2D eigenvalue weighted by Crippen LogP contribution is 2.38. The molecule has 6 nitrogen and oxygen atoms in total. The number of H-pyrrole nitrogens is 1. The molecule has 0 radical (unpaired) electrons. The molecule has 1 aromatic heterocycles. The number of benzene rings is 2. The standard InChI is InChI=1S/C20H20N2O4/c21-8-2-1-3-14-15-9-13(20(23)24)4-6-16(15)22-19(14)12-5-7-17-18(10-12)26-11-25-17/h4-7,9-10,22H,1-3,8,11,21H2,(H,23,24). The number of hydrogen-bond acceptors (Lipinski definition) is 4. The van der Waals surface area contributed by atoms with E-state index in [0.29, 0.717) is 6.54 Å². The maximum absolute atomic E-state index is 11.4. The van der Waals surface area contributed by atoms with E-state index >= 15 is 0 Å². The summed E-state index contributed by atoms with van der Waals surface area (Å²) in [4.78, 5) is 14.8. The predicted octanol–water partition coefficient (Wildman–Crippen LogP) is 3.54. The van der Waals surface area contributed by atoms with Crippen LogP contribution in [0.2, 0.25) is 0 Å². The molecule has 0 amide bonds. The van der Waals surface area contributed by atoms with E-state index in [1.807, 2.05) is 24.3 Å². The van der Waals surface area contributed by atoms with Crippen LogP contribution in [0, 0.1) is 0 Å². The molecule has 2 heterocycles. The lowest BCUT2D eigenvalue weighted by Gasteiger charge is -2.06. The van der Waals surface area contributed by atoms with Gasteiger partial charge in [-0.1, -0.05) is 0 Å². The van der Waals surface area contributed by atoms with Crippen LogP contribution in [0.5, 0.6) is 11.5 Å². The first-order valence-corrected chi connectivity index (χ1v) is 8.65. The van der Waals surface area contributed by atoms with Crippen molar-refractivity contribution in [2.45, 2.75) is 19.3 Å². The number of ether oxygens (including phenoxy) is 2. The number of nitrogens with two attached hydrogens (primary N) is 1. The molecule has 0 saturated heterocycles. The summed E-state index contributed by atoms with van der Waals surface area (Å²) >= 11 is 0. The quantitative estimate of drug-likeness (QED) is 0.590. The van der Waals surface area contributed by atoms with Crippen molar-refractivity contribution < 1.29 is 19.4 Å². The number of fused-ring (bicyclic) bond motifs is 2. The van der Waals surface area contributed by atoms with E-state index in [2.05, 4.69) is 4.98 Å². The lowest BCUT2D eigenvalue weighted by molar-refractivity contribution is 0.0697. The van der Waals surface area contributed by atoms with Crippen LogP contribution in [-0.2, 0) is 6.42 Å². The first kappa shape index (κ1) is 16.5. The Bertz CT molecular complexity index is 977.